The Balaban J connectivity index is 2.51. The summed E-state index contributed by atoms with van der Waals surface area (Å²) < 4.78 is 41.8. The van der Waals surface area contributed by atoms with Gasteiger partial charge in [-0.15, -0.1) is 0 Å². The van der Waals surface area contributed by atoms with Crippen molar-refractivity contribution in [3.05, 3.63) is 51.7 Å². The van der Waals surface area contributed by atoms with Crippen LogP contribution in [0.2, 0.25) is 0 Å². The first-order valence-corrected chi connectivity index (χ1v) is 8.33. The largest absolute Gasteiger partial charge is 0.399 e. The van der Waals surface area contributed by atoms with Crippen LogP contribution in [0.4, 0.5) is 15.8 Å². The van der Waals surface area contributed by atoms with Crippen molar-refractivity contribution in [3.63, 3.8) is 0 Å². The van der Waals surface area contributed by atoms with Crippen LogP contribution in [0.1, 0.15) is 11.1 Å². The molecule has 0 fully saturated rings. The molecule has 0 atom stereocenters. The van der Waals surface area contributed by atoms with Crippen LogP contribution in [-0.4, -0.2) is 8.42 Å². The van der Waals surface area contributed by atoms with E-state index in [4.69, 9.17) is 5.73 Å². The van der Waals surface area contributed by atoms with Gasteiger partial charge in [-0.25, -0.2) is 12.8 Å². The van der Waals surface area contributed by atoms with Crippen molar-refractivity contribution < 1.29 is 12.8 Å². The number of nitrogens with two attached hydrogens (primary N) is 1. The van der Waals surface area contributed by atoms with Crippen LogP contribution in [0.5, 0.6) is 0 Å². The predicted octanol–water partition coefficient (Wildman–Crippen LogP) is 3.59. The molecule has 0 amide bonds. The van der Waals surface area contributed by atoms with Crippen LogP contribution in [0.25, 0.3) is 0 Å². The minimum absolute atomic E-state index is 0.0318. The number of rotatable bonds is 3. The van der Waals surface area contributed by atoms with Gasteiger partial charge in [-0.3, -0.25) is 4.72 Å². The fourth-order valence-electron chi connectivity index (χ4n) is 1.86. The zero-order chi connectivity index (χ0) is 15.8. The third-order valence-corrected chi connectivity index (χ3v) is 5.04. The Morgan fingerprint density at radius 3 is 2.52 bits per heavy atom. The summed E-state index contributed by atoms with van der Waals surface area (Å²) in [7, 11) is -3.92. The molecule has 2 aromatic rings. The van der Waals surface area contributed by atoms with Crippen LogP contribution in [-0.2, 0) is 10.0 Å². The van der Waals surface area contributed by atoms with Crippen molar-refractivity contribution in [2.45, 2.75) is 18.7 Å². The number of anilines is 2. The Bertz CT molecular complexity index is 807. The Kier molecular flexibility index (Phi) is 4.25. The first kappa shape index (κ1) is 15.8. The molecule has 21 heavy (non-hydrogen) atoms. The highest BCUT2D eigenvalue weighted by Crippen LogP contribution is 2.27. The molecule has 0 aliphatic heterocycles. The molecule has 2 rings (SSSR count). The number of sulfonamides is 1. The molecule has 112 valence electrons. The second-order valence-corrected chi connectivity index (χ2v) is 7.26. The summed E-state index contributed by atoms with van der Waals surface area (Å²) in [5.41, 5.74) is 6.80. The normalized spacial score (nSPS) is 11.4. The van der Waals surface area contributed by atoms with E-state index in [0.717, 1.165) is 16.1 Å². The average molecular weight is 373 g/mol. The molecular weight excluding hydrogens is 359 g/mol. The average Bonchev–Trinajstić information content (AvgIpc) is 2.37. The van der Waals surface area contributed by atoms with Gasteiger partial charge in [-0.1, -0.05) is 22.0 Å². The van der Waals surface area contributed by atoms with E-state index in [1.54, 1.807) is 25.1 Å². The highest BCUT2D eigenvalue weighted by Gasteiger charge is 2.20. The Morgan fingerprint density at radius 2 is 1.86 bits per heavy atom. The zero-order valence-electron chi connectivity index (χ0n) is 11.4. The van der Waals surface area contributed by atoms with Crippen LogP contribution in [0, 0.1) is 19.7 Å². The van der Waals surface area contributed by atoms with Gasteiger partial charge in [0.25, 0.3) is 10.0 Å². The quantitative estimate of drug-likeness (QED) is 0.808. The highest BCUT2D eigenvalue weighted by molar-refractivity contribution is 9.10. The molecule has 0 aromatic heterocycles. The van der Waals surface area contributed by atoms with Gasteiger partial charge in [0.05, 0.1) is 10.6 Å². The minimum Gasteiger partial charge on any atom is -0.399 e. The van der Waals surface area contributed by atoms with E-state index >= 15 is 0 Å². The molecule has 7 heteroatoms. The van der Waals surface area contributed by atoms with Crippen LogP contribution in [0.3, 0.4) is 0 Å². The number of aryl methyl sites for hydroxylation is 1. The van der Waals surface area contributed by atoms with Gasteiger partial charge in [0.1, 0.15) is 5.82 Å². The number of halogens is 2. The number of nitrogen functional groups attached to an aromatic ring is 1. The summed E-state index contributed by atoms with van der Waals surface area (Å²) in [5, 5.41) is 0. The van der Waals surface area contributed by atoms with E-state index in [2.05, 4.69) is 20.7 Å². The number of hydrogen-bond donors (Lipinski definition) is 2. The highest BCUT2D eigenvalue weighted by atomic mass is 79.9. The van der Waals surface area contributed by atoms with E-state index in [0.29, 0.717) is 5.69 Å². The molecule has 0 saturated carbocycles. The lowest BCUT2D eigenvalue weighted by atomic mass is 10.2. The maximum atomic E-state index is 13.7. The molecule has 0 heterocycles. The lowest BCUT2D eigenvalue weighted by molar-refractivity contribution is 0.591. The topological polar surface area (TPSA) is 72.2 Å². The fraction of sp³-hybridized carbons (Fsp3) is 0.143. The molecule has 3 N–H and O–H groups in total. The summed E-state index contributed by atoms with van der Waals surface area (Å²) in [6.45, 7) is 3.17. The van der Waals surface area contributed by atoms with Gasteiger partial charge in [-0.05, 0) is 43.7 Å². The summed E-state index contributed by atoms with van der Waals surface area (Å²) >= 11 is 3.28. The molecular formula is C14H14BrFN2O2S. The van der Waals surface area contributed by atoms with Gasteiger partial charge in [0, 0.05) is 15.7 Å². The summed E-state index contributed by atoms with van der Waals surface area (Å²) in [4.78, 5) is -0.167. The smallest absolute Gasteiger partial charge is 0.262 e. The maximum absolute atomic E-state index is 13.7. The second-order valence-electron chi connectivity index (χ2n) is 4.69. The van der Waals surface area contributed by atoms with Crippen molar-refractivity contribution >= 4 is 37.3 Å². The maximum Gasteiger partial charge on any atom is 0.262 e. The van der Waals surface area contributed by atoms with Crippen molar-refractivity contribution in [2.75, 3.05) is 10.5 Å². The van der Waals surface area contributed by atoms with Gasteiger partial charge in [-0.2, -0.15) is 0 Å². The van der Waals surface area contributed by atoms with E-state index in [9.17, 15) is 12.8 Å². The Morgan fingerprint density at radius 1 is 1.19 bits per heavy atom. The molecule has 0 bridgehead atoms. The predicted molar refractivity (Wildman–Crippen MR) is 85.2 cm³/mol. The zero-order valence-corrected chi connectivity index (χ0v) is 13.8. The molecule has 0 saturated heterocycles. The standard InChI is InChI=1S/C14H14BrFN2O2S/c1-8-3-4-10(15)5-13(8)18-21(19,20)14-7-11(17)6-12(16)9(14)2/h3-7,18H,17H2,1-2H3. The number of hydrogen-bond acceptors (Lipinski definition) is 3. The van der Waals surface area contributed by atoms with E-state index < -0.39 is 15.8 Å². The fourth-order valence-corrected chi connectivity index (χ4v) is 3.63. The van der Waals surface area contributed by atoms with Crippen molar-refractivity contribution in [2.24, 2.45) is 0 Å². The number of benzene rings is 2. The minimum atomic E-state index is -3.92. The van der Waals surface area contributed by atoms with Crippen molar-refractivity contribution in [1.29, 1.82) is 0 Å². The molecule has 0 unspecified atom stereocenters. The van der Waals surface area contributed by atoms with Gasteiger partial charge in [0.2, 0.25) is 0 Å². The Labute approximate surface area is 131 Å². The molecule has 0 aliphatic carbocycles. The SMILES string of the molecule is Cc1ccc(Br)cc1NS(=O)(=O)c1cc(N)cc(F)c1C. The Hall–Kier alpha value is -1.60. The van der Waals surface area contributed by atoms with Crippen LogP contribution < -0.4 is 10.5 Å². The van der Waals surface area contributed by atoms with Crippen molar-refractivity contribution in [1.82, 2.24) is 0 Å². The first-order chi connectivity index (χ1) is 9.70. The third kappa shape index (κ3) is 3.36. The summed E-state index contributed by atoms with van der Waals surface area (Å²) in [6.07, 6.45) is 0. The van der Waals surface area contributed by atoms with Gasteiger partial charge >= 0.3 is 0 Å². The van der Waals surface area contributed by atoms with Crippen LogP contribution in [0.15, 0.2) is 39.7 Å². The van der Waals surface area contributed by atoms with Crippen LogP contribution >= 0.6 is 15.9 Å². The van der Waals surface area contributed by atoms with Gasteiger partial charge < -0.3 is 5.73 Å². The second kappa shape index (κ2) is 5.65. The molecule has 0 radical (unpaired) electrons. The first-order valence-electron chi connectivity index (χ1n) is 6.05. The molecule has 4 nitrogen and oxygen atoms in total. The number of nitrogens with one attached hydrogen (secondary N) is 1. The third-order valence-electron chi connectivity index (χ3n) is 3.05. The summed E-state index contributed by atoms with van der Waals surface area (Å²) in [6, 6.07) is 7.56. The van der Waals surface area contributed by atoms with E-state index in [1.807, 2.05) is 0 Å². The molecule has 0 spiro atoms. The monoisotopic (exact) mass is 372 g/mol. The van der Waals surface area contributed by atoms with Gasteiger partial charge in [0.15, 0.2) is 0 Å². The summed E-state index contributed by atoms with van der Waals surface area (Å²) in [5.74, 6) is -0.652. The lowest BCUT2D eigenvalue weighted by Gasteiger charge is -2.13. The molecule has 2 aromatic carbocycles. The lowest BCUT2D eigenvalue weighted by Crippen LogP contribution is -2.16. The molecule has 0 aliphatic rings. The van der Waals surface area contributed by atoms with E-state index in [1.165, 1.54) is 13.0 Å². The van der Waals surface area contributed by atoms with Crippen molar-refractivity contribution in [3.8, 4) is 0 Å². The van der Waals surface area contributed by atoms with E-state index in [-0.39, 0.29) is 16.1 Å².